The van der Waals surface area contributed by atoms with E-state index in [9.17, 15) is 0 Å². The van der Waals surface area contributed by atoms with Crippen LogP contribution in [0.4, 0.5) is 0 Å². The fraction of sp³-hybridized carbons (Fsp3) is 0. The summed E-state index contributed by atoms with van der Waals surface area (Å²) in [5.74, 6) is 0. The third kappa shape index (κ3) is 2880. The monoisotopic (exact) mass is 575 g/mol. The van der Waals surface area contributed by atoms with E-state index in [1.54, 1.807) is 0 Å². The molecule has 0 aliphatic carbocycles. The van der Waals surface area contributed by atoms with Crippen LogP contribution < -0.4 is 37.2 Å². The van der Waals surface area contributed by atoms with Crippen molar-refractivity contribution in [3.8, 4) is 0 Å². The van der Waals surface area contributed by atoms with E-state index in [1.165, 1.54) is 0 Å². The minimum atomic E-state index is -1.75. The summed E-state index contributed by atoms with van der Waals surface area (Å²) < 4.78 is 0. The Balaban J connectivity index is -0.0000000104. The molecule has 0 aliphatic heterocycles. The molecule has 0 atom stereocenters. The number of hydrogen-bond donors (Lipinski definition) is 0. The fourth-order valence-corrected chi connectivity index (χ4v) is 0. The summed E-state index contributed by atoms with van der Waals surface area (Å²) in [5, 5.41) is 44.2. The van der Waals surface area contributed by atoms with Crippen molar-refractivity contribution in [2.24, 2.45) is 0 Å². The van der Waals surface area contributed by atoms with Crippen LogP contribution in [0, 0.1) is 128 Å². The second-order valence-corrected chi connectivity index (χ2v) is 0.671. The smallest absolute Gasteiger partial charge is 1.00 e. The molecule has 0 fully saturated rings. The van der Waals surface area contributed by atoms with Crippen LogP contribution in [-0.2, 0) is 0 Å². The van der Waals surface area contributed by atoms with Crippen LogP contribution in [0.1, 0.15) is 0 Å². The first-order valence-electron chi connectivity index (χ1n) is 1.64. The summed E-state index contributed by atoms with van der Waals surface area (Å²) in [6, 6.07) is 0. The molecule has 0 amide bonds. The molecule has 2 radical (unpaired) electrons. The summed E-state index contributed by atoms with van der Waals surface area (Å²) in [5.41, 5.74) is 0. The van der Waals surface area contributed by atoms with Gasteiger partial charge in [-0.1, -0.05) is 0 Å². The van der Waals surface area contributed by atoms with Crippen molar-refractivity contribution in [3.63, 3.8) is 0 Å². The molecule has 0 unspecified atom stereocenters. The van der Waals surface area contributed by atoms with Gasteiger partial charge in [-0.15, -0.1) is 0 Å². The van der Waals surface area contributed by atoms with Crippen molar-refractivity contribution >= 4 is 0 Å². The van der Waals surface area contributed by atoms with Crippen LogP contribution in [-0.4, -0.2) is 15.3 Å². The third-order valence-electron chi connectivity index (χ3n) is 0. The van der Waals surface area contributed by atoms with Crippen LogP contribution in [0.5, 0.6) is 0 Å². The number of halogens is 3. The molecule has 17 heteroatoms. The number of hydrogen-bond acceptors (Lipinski definition) is 9. The maximum Gasteiger partial charge on any atom is 3.00 e. The van der Waals surface area contributed by atoms with Gasteiger partial charge in [0, 0.05) is 0 Å². The molecule has 0 rings (SSSR count). The second-order valence-electron chi connectivity index (χ2n) is 0.671. The van der Waals surface area contributed by atoms with Gasteiger partial charge >= 0.3 is 81.7 Å². The predicted molar refractivity (Wildman–Crippen MR) is 31.1 cm³/mol. The zero-order chi connectivity index (χ0) is 10.7. The third-order valence-corrected chi connectivity index (χ3v) is 0. The van der Waals surface area contributed by atoms with E-state index < -0.39 is 15.3 Å². The average molecular weight is 581 g/mol. The fourth-order valence-electron chi connectivity index (χ4n) is 0. The van der Waals surface area contributed by atoms with Crippen molar-refractivity contribution in [1.82, 2.24) is 0 Å². The molecule has 98 valence electrons. The normalized spacial score (nSPS) is 4.24. The average Bonchev–Trinajstić information content (AvgIpc) is 1.54. The molecule has 0 saturated carbocycles. The predicted octanol–water partition coefficient (Wildman–Crippen LogP) is -9.71. The summed E-state index contributed by atoms with van der Waals surface area (Å²) in [7, 11) is 0. The molecule has 0 spiro atoms. The topological polar surface area (TPSA) is 199 Å². The summed E-state index contributed by atoms with van der Waals surface area (Å²) in [6.07, 6.45) is 0. The van der Waals surface area contributed by atoms with Crippen molar-refractivity contribution in [1.29, 1.82) is 0 Å². The largest absolute Gasteiger partial charge is 3.00 e. The zero-order valence-electron chi connectivity index (χ0n) is 7.15. The van der Waals surface area contributed by atoms with Crippen LogP contribution in [0.3, 0.4) is 0 Å². The number of nitrogens with zero attached hydrogens (tertiary/aromatic N) is 3. The van der Waals surface area contributed by atoms with E-state index in [1.807, 2.05) is 0 Å². The van der Waals surface area contributed by atoms with E-state index in [0.717, 1.165) is 0 Å². The molecule has 0 aliphatic rings. The standard InChI is InChI=1S/3ClH.3NO3.2Nd/c;;;3*2-1(3)4;;/h3*1H;;;;;/q;;;3*-1;2*+3/p-3. The van der Waals surface area contributed by atoms with Gasteiger partial charge < -0.3 is 83.2 Å². The molecule has 12 nitrogen and oxygen atoms in total. The minimum absolute atomic E-state index is 0. The maximum absolute atomic E-state index is 8.25. The molecular weight excluding hydrogens is 581 g/mol. The molecular formula is Cl3N3Nd2O9. The van der Waals surface area contributed by atoms with Crippen molar-refractivity contribution in [2.45, 2.75) is 0 Å². The van der Waals surface area contributed by atoms with E-state index >= 15 is 0 Å². The van der Waals surface area contributed by atoms with Gasteiger partial charge in [0.25, 0.3) is 0 Å². The number of rotatable bonds is 0. The first-order chi connectivity index (χ1) is 5.20. The summed E-state index contributed by atoms with van der Waals surface area (Å²) in [6.45, 7) is 0. The van der Waals surface area contributed by atoms with Gasteiger partial charge in [0.05, 0.1) is 15.3 Å². The van der Waals surface area contributed by atoms with Crippen LogP contribution >= 0.6 is 0 Å². The van der Waals surface area contributed by atoms with Crippen LogP contribution in [0.2, 0.25) is 0 Å². The summed E-state index contributed by atoms with van der Waals surface area (Å²) >= 11 is 0. The van der Waals surface area contributed by atoms with E-state index in [-0.39, 0.29) is 119 Å². The van der Waals surface area contributed by atoms with E-state index in [4.69, 9.17) is 46.0 Å². The second kappa shape index (κ2) is 43.4. The van der Waals surface area contributed by atoms with Crippen molar-refractivity contribution in [2.75, 3.05) is 0 Å². The molecule has 17 heavy (non-hydrogen) atoms. The van der Waals surface area contributed by atoms with Crippen molar-refractivity contribution in [3.05, 3.63) is 46.0 Å². The first-order valence-corrected chi connectivity index (χ1v) is 1.64. The Labute approximate surface area is 177 Å². The minimum Gasteiger partial charge on any atom is -1.00 e. The van der Waals surface area contributed by atoms with E-state index in [2.05, 4.69) is 0 Å². The SMILES string of the molecule is O=[N+]([O-])[O-].O=[N+]([O-])[O-].O=[N+]([O-])[O-].[Cl-].[Cl-].[Cl-].[Nd+3].[Nd+3]. The molecule has 0 N–H and O–H groups in total. The van der Waals surface area contributed by atoms with Gasteiger partial charge in [-0.25, -0.2) is 0 Å². The Kier molecular flexibility index (Phi) is 132. The van der Waals surface area contributed by atoms with Gasteiger partial charge in [0.15, 0.2) is 0 Å². The molecule has 0 bridgehead atoms. The van der Waals surface area contributed by atoms with Gasteiger partial charge in [0.2, 0.25) is 0 Å². The quantitative estimate of drug-likeness (QED) is 0.197. The summed E-state index contributed by atoms with van der Waals surface area (Å²) in [4.78, 5) is 24.8. The Hall–Kier alpha value is 1.17. The molecule has 0 aromatic carbocycles. The Morgan fingerprint density at radius 1 is 0.471 bits per heavy atom. The Bertz CT molecular complexity index is 127. The van der Waals surface area contributed by atoms with Gasteiger partial charge in [0.1, 0.15) is 0 Å². The first kappa shape index (κ1) is 51.8. The molecule has 0 saturated heterocycles. The zero-order valence-corrected chi connectivity index (χ0v) is 15.8. The van der Waals surface area contributed by atoms with Gasteiger partial charge in [-0.05, 0) is 0 Å². The van der Waals surface area contributed by atoms with Crippen LogP contribution in [0.15, 0.2) is 0 Å². The Morgan fingerprint density at radius 2 is 0.471 bits per heavy atom. The van der Waals surface area contributed by atoms with Crippen molar-refractivity contribution < 1.29 is 134 Å². The molecule has 0 aromatic heterocycles. The molecule has 0 aromatic rings. The maximum atomic E-state index is 8.25. The Morgan fingerprint density at radius 3 is 0.471 bits per heavy atom. The van der Waals surface area contributed by atoms with E-state index in [0.29, 0.717) is 0 Å². The van der Waals surface area contributed by atoms with Gasteiger partial charge in [-0.3, -0.25) is 0 Å². The van der Waals surface area contributed by atoms with Crippen LogP contribution in [0.25, 0.3) is 0 Å². The van der Waals surface area contributed by atoms with Gasteiger partial charge in [-0.2, -0.15) is 0 Å². The molecule has 0 heterocycles.